The normalized spacial score (nSPS) is 14.4. The second-order valence-electron chi connectivity index (χ2n) is 7.17. The number of benzene rings is 1. The standard InChI is InChI=1S/C21H22N6O3S.ClH/c22-20-19(21(28)25-16-5-4-10-23-13-16)26-18(14-24-20)15-6-8-17(9-7-15)31(29,30)27-11-2-1-3-12-27;/h4-10,13-14H,1-3,11-12H2,(H2,22,24)(H,25,28);1H. The lowest BCUT2D eigenvalue weighted by Crippen LogP contribution is -2.35. The maximum absolute atomic E-state index is 12.8. The number of pyridine rings is 1. The van der Waals surface area contributed by atoms with Gasteiger partial charge in [-0.15, -0.1) is 12.4 Å². The number of anilines is 2. The van der Waals surface area contributed by atoms with Crippen LogP contribution in [0.25, 0.3) is 11.3 Å². The monoisotopic (exact) mass is 474 g/mol. The smallest absolute Gasteiger partial charge is 0.278 e. The number of carbonyl (C=O) groups excluding carboxylic acids is 1. The van der Waals surface area contributed by atoms with E-state index in [1.54, 1.807) is 42.6 Å². The minimum atomic E-state index is -3.52. The zero-order chi connectivity index (χ0) is 21.8. The van der Waals surface area contributed by atoms with Crippen molar-refractivity contribution in [3.05, 3.63) is 60.7 Å². The fourth-order valence-electron chi connectivity index (χ4n) is 3.38. The number of rotatable bonds is 5. The predicted octanol–water partition coefficient (Wildman–Crippen LogP) is 2.97. The fraction of sp³-hybridized carbons (Fsp3) is 0.238. The average molecular weight is 475 g/mol. The Labute approximate surface area is 192 Å². The van der Waals surface area contributed by atoms with Crippen LogP contribution in [0, 0.1) is 0 Å². The van der Waals surface area contributed by atoms with Gasteiger partial charge in [0.15, 0.2) is 11.5 Å². The summed E-state index contributed by atoms with van der Waals surface area (Å²) in [7, 11) is -3.52. The van der Waals surface area contributed by atoms with E-state index in [0.29, 0.717) is 30.0 Å². The zero-order valence-corrected chi connectivity index (χ0v) is 18.8. The van der Waals surface area contributed by atoms with Crippen LogP contribution in [0.3, 0.4) is 0 Å². The summed E-state index contributed by atoms with van der Waals surface area (Å²) in [4.78, 5) is 25.2. The first-order chi connectivity index (χ1) is 14.9. The van der Waals surface area contributed by atoms with Gasteiger partial charge in [0.1, 0.15) is 0 Å². The van der Waals surface area contributed by atoms with Crippen molar-refractivity contribution in [2.75, 3.05) is 24.1 Å². The molecule has 1 amide bonds. The number of aromatic nitrogens is 3. The average Bonchev–Trinajstić information content (AvgIpc) is 2.80. The van der Waals surface area contributed by atoms with Crippen LogP contribution in [0.15, 0.2) is 59.9 Å². The van der Waals surface area contributed by atoms with Gasteiger partial charge < -0.3 is 11.1 Å². The summed E-state index contributed by atoms with van der Waals surface area (Å²) in [6.45, 7) is 1.09. The molecule has 0 saturated carbocycles. The Balaban J connectivity index is 0.00000289. The molecule has 3 heterocycles. The SMILES string of the molecule is Cl.Nc1ncc(-c2ccc(S(=O)(=O)N3CCCCC3)cc2)nc1C(=O)Nc1cccnc1. The Morgan fingerprint density at radius 2 is 1.75 bits per heavy atom. The summed E-state index contributed by atoms with van der Waals surface area (Å²) >= 11 is 0. The van der Waals surface area contributed by atoms with Gasteiger partial charge in [0, 0.05) is 24.8 Å². The van der Waals surface area contributed by atoms with Gasteiger partial charge in [0.2, 0.25) is 10.0 Å². The van der Waals surface area contributed by atoms with E-state index in [4.69, 9.17) is 5.73 Å². The third kappa shape index (κ3) is 5.04. The number of nitrogen functional groups attached to an aromatic ring is 1. The highest BCUT2D eigenvalue weighted by molar-refractivity contribution is 7.89. The highest BCUT2D eigenvalue weighted by atomic mass is 35.5. The van der Waals surface area contributed by atoms with Crippen molar-refractivity contribution in [3.8, 4) is 11.3 Å². The van der Waals surface area contributed by atoms with Crippen molar-refractivity contribution in [2.45, 2.75) is 24.2 Å². The van der Waals surface area contributed by atoms with Crippen molar-refractivity contribution in [1.29, 1.82) is 0 Å². The van der Waals surface area contributed by atoms with Crippen LogP contribution in [0.5, 0.6) is 0 Å². The van der Waals surface area contributed by atoms with Gasteiger partial charge in [0.25, 0.3) is 5.91 Å². The lowest BCUT2D eigenvalue weighted by Gasteiger charge is -2.25. The molecule has 11 heteroatoms. The number of nitrogens with zero attached hydrogens (tertiary/aromatic N) is 4. The number of hydrogen-bond donors (Lipinski definition) is 2. The van der Waals surface area contributed by atoms with E-state index in [1.165, 1.54) is 16.7 Å². The van der Waals surface area contributed by atoms with Gasteiger partial charge in [-0.3, -0.25) is 9.78 Å². The third-order valence-corrected chi connectivity index (χ3v) is 6.95. The molecule has 1 aromatic carbocycles. The predicted molar refractivity (Wildman–Crippen MR) is 124 cm³/mol. The topological polar surface area (TPSA) is 131 Å². The summed E-state index contributed by atoms with van der Waals surface area (Å²) in [5.74, 6) is -0.515. The lowest BCUT2D eigenvalue weighted by atomic mass is 10.1. The number of amides is 1. The van der Waals surface area contributed by atoms with E-state index in [0.717, 1.165) is 19.3 Å². The molecule has 0 spiro atoms. The molecule has 32 heavy (non-hydrogen) atoms. The summed E-state index contributed by atoms with van der Waals surface area (Å²) in [6, 6.07) is 9.79. The van der Waals surface area contributed by atoms with Gasteiger partial charge >= 0.3 is 0 Å². The molecule has 0 bridgehead atoms. The van der Waals surface area contributed by atoms with Gasteiger partial charge in [-0.2, -0.15) is 4.31 Å². The maximum Gasteiger partial charge on any atom is 0.278 e. The van der Waals surface area contributed by atoms with E-state index < -0.39 is 15.9 Å². The highest BCUT2D eigenvalue weighted by Crippen LogP contribution is 2.24. The molecule has 2 aromatic heterocycles. The van der Waals surface area contributed by atoms with E-state index in [-0.39, 0.29) is 28.8 Å². The highest BCUT2D eigenvalue weighted by Gasteiger charge is 2.26. The minimum absolute atomic E-state index is 0. The summed E-state index contributed by atoms with van der Waals surface area (Å²) < 4.78 is 27.2. The summed E-state index contributed by atoms with van der Waals surface area (Å²) in [5.41, 5.74) is 7.37. The first kappa shape index (κ1) is 23.6. The van der Waals surface area contributed by atoms with Gasteiger partial charge in [-0.05, 0) is 37.1 Å². The van der Waals surface area contributed by atoms with Gasteiger partial charge in [-0.25, -0.2) is 18.4 Å². The quantitative estimate of drug-likeness (QED) is 0.581. The number of nitrogens with two attached hydrogens (primary N) is 1. The van der Waals surface area contributed by atoms with Crippen molar-refractivity contribution in [2.24, 2.45) is 0 Å². The Hall–Kier alpha value is -3.08. The van der Waals surface area contributed by atoms with Crippen LogP contribution in [0.4, 0.5) is 11.5 Å². The molecule has 1 aliphatic heterocycles. The molecule has 0 atom stereocenters. The molecular formula is C21H23ClN6O3S. The van der Waals surface area contributed by atoms with Crippen LogP contribution in [0.2, 0.25) is 0 Å². The molecule has 0 unspecified atom stereocenters. The number of hydrogen-bond acceptors (Lipinski definition) is 7. The number of halogens is 1. The van der Waals surface area contributed by atoms with Crippen LogP contribution in [-0.2, 0) is 10.0 Å². The number of nitrogens with one attached hydrogen (secondary N) is 1. The lowest BCUT2D eigenvalue weighted by molar-refractivity contribution is 0.102. The molecule has 3 N–H and O–H groups in total. The second kappa shape index (κ2) is 10.0. The molecule has 1 saturated heterocycles. The molecule has 1 aliphatic rings. The molecule has 168 valence electrons. The van der Waals surface area contributed by atoms with Crippen molar-refractivity contribution in [1.82, 2.24) is 19.3 Å². The molecular weight excluding hydrogens is 452 g/mol. The van der Waals surface area contributed by atoms with E-state index in [2.05, 4.69) is 20.3 Å². The minimum Gasteiger partial charge on any atom is -0.382 e. The first-order valence-corrected chi connectivity index (χ1v) is 11.3. The summed E-state index contributed by atoms with van der Waals surface area (Å²) in [6.07, 6.45) is 7.36. The summed E-state index contributed by atoms with van der Waals surface area (Å²) in [5, 5.41) is 2.67. The molecule has 0 radical (unpaired) electrons. The molecule has 3 aromatic rings. The second-order valence-corrected chi connectivity index (χ2v) is 9.11. The Morgan fingerprint density at radius 1 is 1.03 bits per heavy atom. The number of carbonyl (C=O) groups is 1. The Bertz CT molecular complexity index is 1180. The van der Waals surface area contributed by atoms with Crippen LogP contribution in [-0.4, -0.2) is 46.7 Å². The largest absolute Gasteiger partial charge is 0.382 e. The first-order valence-electron chi connectivity index (χ1n) is 9.89. The van der Waals surface area contributed by atoms with Crippen molar-refractivity contribution >= 4 is 39.8 Å². The maximum atomic E-state index is 12.8. The van der Waals surface area contributed by atoms with Crippen molar-refractivity contribution in [3.63, 3.8) is 0 Å². The van der Waals surface area contributed by atoms with E-state index in [9.17, 15) is 13.2 Å². The Kier molecular flexibility index (Phi) is 7.39. The molecule has 9 nitrogen and oxygen atoms in total. The van der Waals surface area contributed by atoms with Crippen LogP contribution >= 0.6 is 12.4 Å². The van der Waals surface area contributed by atoms with Crippen LogP contribution < -0.4 is 11.1 Å². The van der Waals surface area contributed by atoms with Gasteiger partial charge in [0.05, 0.1) is 28.7 Å². The number of piperidine rings is 1. The fourth-order valence-corrected chi connectivity index (χ4v) is 4.90. The van der Waals surface area contributed by atoms with E-state index in [1.807, 2.05) is 0 Å². The molecule has 0 aliphatic carbocycles. The van der Waals surface area contributed by atoms with Crippen LogP contribution in [0.1, 0.15) is 29.8 Å². The molecule has 1 fully saturated rings. The Morgan fingerprint density at radius 3 is 2.41 bits per heavy atom. The van der Waals surface area contributed by atoms with E-state index >= 15 is 0 Å². The number of sulfonamides is 1. The molecule has 4 rings (SSSR count). The third-order valence-electron chi connectivity index (χ3n) is 5.04. The van der Waals surface area contributed by atoms with Gasteiger partial charge in [-0.1, -0.05) is 18.6 Å². The van der Waals surface area contributed by atoms with Crippen molar-refractivity contribution < 1.29 is 13.2 Å². The zero-order valence-electron chi connectivity index (χ0n) is 17.1.